The monoisotopic (exact) mass is 385 g/mol. The van der Waals surface area contributed by atoms with Gasteiger partial charge < -0.3 is 10.2 Å². The lowest BCUT2D eigenvalue weighted by Gasteiger charge is -2.16. The van der Waals surface area contributed by atoms with Gasteiger partial charge in [0.05, 0.1) is 11.0 Å². The molecule has 8 heteroatoms. The standard InChI is InChI=1S/C19H16ClN3O4/c20-16-8-6-13(10-17(16)23(26)27)7-9-18(24)21-14-11-19(25)22(12-14)15-4-2-1-3-5-15/h1-10,14H,11-12H2,(H,21,24)/b9-7+/t14-/m0/s1. The maximum atomic E-state index is 12.2. The molecule has 0 radical (unpaired) electrons. The topological polar surface area (TPSA) is 92.5 Å². The van der Waals surface area contributed by atoms with Crippen LogP contribution in [-0.2, 0) is 9.59 Å². The number of rotatable bonds is 5. The molecule has 0 saturated carbocycles. The summed E-state index contributed by atoms with van der Waals surface area (Å²) < 4.78 is 0. The van der Waals surface area contributed by atoms with E-state index in [1.807, 2.05) is 30.3 Å². The number of amides is 2. The highest BCUT2D eigenvalue weighted by atomic mass is 35.5. The molecule has 1 fully saturated rings. The van der Waals surface area contributed by atoms with E-state index in [9.17, 15) is 19.7 Å². The van der Waals surface area contributed by atoms with E-state index in [2.05, 4.69) is 5.32 Å². The summed E-state index contributed by atoms with van der Waals surface area (Å²) in [5.74, 6) is -0.427. The Labute approximate surface area is 160 Å². The average Bonchev–Trinajstić information content (AvgIpc) is 3.01. The number of carbonyl (C=O) groups is 2. The third-order valence-electron chi connectivity index (χ3n) is 4.13. The van der Waals surface area contributed by atoms with E-state index in [1.54, 1.807) is 11.0 Å². The Hall–Kier alpha value is -3.19. The lowest BCUT2D eigenvalue weighted by Crippen LogP contribution is -2.36. The number of hydrogen-bond acceptors (Lipinski definition) is 4. The second kappa shape index (κ2) is 8.01. The number of anilines is 1. The molecule has 2 aromatic carbocycles. The maximum Gasteiger partial charge on any atom is 0.288 e. The third-order valence-corrected chi connectivity index (χ3v) is 4.45. The first-order valence-corrected chi connectivity index (χ1v) is 8.60. The summed E-state index contributed by atoms with van der Waals surface area (Å²) in [5.41, 5.74) is 1.05. The number of nitro benzene ring substituents is 1. The summed E-state index contributed by atoms with van der Waals surface area (Å²) in [6, 6.07) is 13.2. The first kappa shape index (κ1) is 18.6. The number of nitrogens with one attached hydrogen (secondary N) is 1. The Bertz CT molecular complexity index is 914. The van der Waals surface area contributed by atoms with Crippen molar-refractivity contribution in [3.8, 4) is 0 Å². The summed E-state index contributed by atoms with van der Waals surface area (Å²) >= 11 is 5.76. The van der Waals surface area contributed by atoms with Crippen molar-refractivity contribution in [1.82, 2.24) is 5.32 Å². The average molecular weight is 386 g/mol. The molecule has 2 aromatic rings. The van der Waals surface area contributed by atoms with Crippen LogP contribution in [-0.4, -0.2) is 29.3 Å². The molecule has 2 amide bonds. The lowest BCUT2D eigenvalue weighted by atomic mass is 10.2. The largest absolute Gasteiger partial charge is 0.347 e. The molecule has 0 unspecified atom stereocenters. The van der Waals surface area contributed by atoms with E-state index in [1.165, 1.54) is 24.3 Å². The van der Waals surface area contributed by atoms with Crippen LogP contribution in [0.1, 0.15) is 12.0 Å². The Kier molecular flexibility index (Phi) is 5.52. The second-order valence-corrected chi connectivity index (χ2v) is 6.46. The van der Waals surface area contributed by atoms with Crippen LogP contribution in [0.2, 0.25) is 5.02 Å². The Morgan fingerprint density at radius 1 is 1.26 bits per heavy atom. The minimum Gasteiger partial charge on any atom is -0.347 e. The van der Waals surface area contributed by atoms with Gasteiger partial charge in [0.25, 0.3) is 5.69 Å². The molecule has 7 nitrogen and oxygen atoms in total. The molecule has 0 spiro atoms. The van der Waals surface area contributed by atoms with E-state index in [0.717, 1.165) is 5.69 Å². The summed E-state index contributed by atoms with van der Waals surface area (Å²) in [4.78, 5) is 36.2. The normalized spacial score (nSPS) is 16.7. The molecule has 1 N–H and O–H groups in total. The van der Waals surface area contributed by atoms with E-state index in [-0.39, 0.29) is 35.0 Å². The lowest BCUT2D eigenvalue weighted by molar-refractivity contribution is -0.384. The molecule has 1 heterocycles. The van der Waals surface area contributed by atoms with Gasteiger partial charge in [-0.15, -0.1) is 0 Å². The minimum atomic E-state index is -0.581. The maximum absolute atomic E-state index is 12.2. The number of hydrogen-bond donors (Lipinski definition) is 1. The Balaban J connectivity index is 1.61. The van der Waals surface area contributed by atoms with Gasteiger partial charge in [-0.2, -0.15) is 0 Å². The van der Waals surface area contributed by atoms with Crippen LogP contribution in [0, 0.1) is 10.1 Å². The fraction of sp³-hybridized carbons (Fsp3) is 0.158. The molecule has 3 rings (SSSR count). The van der Waals surface area contributed by atoms with Crippen molar-refractivity contribution in [2.75, 3.05) is 11.4 Å². The zero-order valence-corrected chi connectivity index (χ0v) is 14.9. The zero-order chi connectivity index (χ0) is 19.4. The predicted molar refractivity (Wildman–Crippen MR) is 102 cm³/mol. The van der Waals surface area contributed by atoms with Gasteiger partial charge in [0.15, 0.2) is 0 Å². The van der Waals surface area contributed by atoms with E-state index >= 15 is 0 Å². The van der Waals surface area contributed by atoms with Gasteiger partial charge in [-0.05, 0) is 29.8 Å². The van der Waals surface area contributed by atoms with Crippen LogP contribution in [0.5, 0.6) is 0 Å². The number of nitro groups is 1. The highest BCUT2D eigenvalue weighted by Crippen LogP contribution is 2.25. The Morgan fingerprint density at radius 2 is 2.00 bits per heavy atom. The predicted octanol–water partition coefficient (Wildman–Crippen LogP) is 3.18. The molecular weight excluding hydrogens is 370 g/mol. The van der Waals surface area contributed by atoms with Crippen molar-refractivity contribution in [3.05, 3.63) is 75.3 Å². The number of para-hydroxylation sites is 1. The van der Waals surface area contributed by atoms with Gasteiger partial charge >= 0.3 is 0 Å². The van der Waals surface area contributed by atoms with Gasteiger partial charge in [-0.1, -0.05) is 35.9 Å². The summed E-state index contributed by atoms with van der Waals surface area (Å²) in [5, 5.41) is 13.7. The molecule has 1 aliphatic rings. The number of halogens is 1. The van der Waals surface area contributed by atoms with Crippen LogP contribution in [0.15, 0.2) is 54.6 Å². The molecule has 27 heavy (non-hydrogen) atoms. The van der Waals surface area contributed by atoms with Crippen LogP contribution in [0.4, 0.5) is 11.4 Å². The van der Waals surface area contributed by atoms with Crippen LogP contribution >= 0.6 is 11.6 Å². The van der Waals surface area contributed by atoms with E-state index in [0.29, 0.717) is 12.1 Å². The van der Waals surface area contributed by atoms with Gasteiger partial charge in [0, 0.05) is 30.8 Å². The molecule has 1 atom stereocenters. The number of carbonyl (C=O) groups excluding carboxylic acids is 2. The van der Waals surface area contributed by atoms with Gasteiger partial charge in [-0.25, -0.2) is 0 Å². The summed E-state index contributed by atoms with van der Waals surface area (Å²) in [6.07, 6.45) is 2.97. The number of nitrogens with zero attached hydrogens (tertiary/aromatic N) is 2. The molecule has 1 aliphatic heterocycles. The fourth-order valence-electron chi connectivity index (χ4n) is 2.86. The quantitative estimate of drug-likeness (QED) is 0.486. The molecule has 0 bridgehead atoms. The van der Waals surface area contributed by atoms with Crippen molar-refractivity contribution in [3.63, 3.8) is 0 Å². The zero-order valence-electron chi connectivity index (χ0n) is 14.2. The van der Waals surface area contributed by atoms with Crippen molar-refractivity contribution in [1.29, 1.82) is 0 Å². The minimum absolute atomic E-state index is 0.0343. The number of benzene rings is 2. The van der Waals surface area contributed by atoms with Gasteiger partial charge in [-0.3, -0.25) is 19.7 Å². The van der Waals surface area contributed by atoms with E-state index < -0.39 is 4.92 Å². The van der Waals surface area contributed by atoms with Gasteiger partial charge in [0.2, 0.25) is 11.8 Å². The Morgan fingerprint density at radius 3 is 2.70 bits per heavy atom. The highest BCUT2D eigenvalue weighted by Gasteiger charge is 2.31. The second-order valence-electron chi connectivity index (χ2n) is 6.05. The van der Waals surface area contributed by atoms with Crippen molar-refractivity contribution in [2.45, 2.75) is 12.5 Å². The SMILES string of the molecule is O=C(/C=C/c1ccc(Cl)c([N+](=O)[O-])c1)N[C@H]1CC(=O)N(c2ccccc2)C1. The van der Waals surface area contributed by atoms with Crippen LogP contribution in [0.25, 0.3) is 6.08 Å². The molecule has 1 saturated heterocycles. The van der Waals surface area contributed by atoms with Crippen LogP contribution in [0.3, 0.4) is 0 Å². The van der Waals surface area contributed by atoms with Gasteiger partial charge in [0.1, 0.15) is 5.02 Å². The summed E-state index contributed by atoms with van der Waals surface area (Å²) in [6.45, 7) is 0.398. The molecular formula is C19H16ClN3O4. The van der Waals surface area contributed by atoms with Crippen LogP contribution < -0.4 is 10.2 Å². The van der Waals surface area contributed by atoms with E-state index in [4.69, 9.17) is 11.6 Å². The fourth-order valence-corrected chi connectivity index (χ4v) is 3.04. The summed E-state index contributed by atoms with van der Waals surface area (Å²) in [7, 11) is 0. The van der Waals surface area contributed by atoms with Crippen molar-refractivity contribution < 1.29 is 14.5 Å². The first-order chi connectivity index (χ1) is 12.9. The highest BCUT2D eigenvalue weighted by molar-refractivity contribution is 6.32. The third kappa shape index (κ3) is 4.51. The first-order valence-electron chi connectivity index (χ1n) is 8.22. The molecule has 0 aliphatic carbocycles. The van der Waals surface area contributed by atoms with Crippen molar-refractivity contribution >= 4 is 40.9 Å². The molecule has 0 aromatic heterocycles. The molecule has 138 valence electrons. The smallest absolute Gasteiger partial charge is 0.288 e. The van der Waals surface area contributed by atoms with Crippen molar-refractivity contribution in [2.24, 2.45) is 0 Å².